The maximum Gasteiger partial charge on any atom is 0.242 e. The summed E-state index contributed by atoms with van der Waals surface area (Å²) in [6.45, 7) is 2.99. The lowest BCUT2D eigenvalue weighted by Gasteiger charge is -2.28. The summed E-state index contributed by atoms with van der Waals surface area (Å²) >= 11 is 3.29. The van der Waals surface area contributed by atoms with E-state index in [1.54, 1.807) is 18.3 Å². The van der Waals surface area contributed by atoms with Gasteiger partial charge in [0.15, 0.2) is 11.5 Å². The standard InChI is InChI=1S/C18H22BrN3O5S/c1-25-15-10-14(19)17(11-16(15)26-2)28(23,24)21-12-13-3-4-20-18(9-13)22-5-7-27-8-6-22/h3-4,9-11,21H,5-8,12H2,1-2H3. The molecule has 1 saturated heterocycles. The fourth-order valence-electron chi connectivity index (χ4n) is 2.83. The Bertz CT molecular complexity index is 933. The first-order valence-electron chi connectivity index (χ1n) is 8.63. The van der Waals surface area contributed by atoms with E-state index in [0.29, 0.717) is 29.2 Å². The summed E-state index contributed by atoms with van der Waals surface area (Å²) in [5, 5.41) is 0. The lowest BCUT2D eigenvalue weighted by atomic mass is 10.2. The Morgan fingerprint density at radius 1 is 1.18 bits per heavy atom. The average Bonchev–Trinajstić information content (AvgIpc) is 2.72. The van der Waals surface area contributed by atoms with Crippen molar-refractivity contribution in [3.8, 4) is 11.5 Å². The molecule has 0 radical (unpaired) electrons. The van der Waals surface area contributed by atoms with Gasteiger partial charge in [0.25, 0.3) is 0 Å². The van der Waals surface area contributed by atoms with Gasteiger partial charge in [-0.1, -0.05) is 0 Å². The molecule has 152 valence electrons. The van der Waals surface area contributed by atoms with E-state index in [4.69, 9.17) is 14.2 Å². The van der Waals surface area contributed by atoms with E-state index >= 15 is 0 Å². The third-order valence-electron chi connectivity index (χ3n) is 4.34. The van der Waals surface area contributed by atoms with Gasteiger partial charge in [-0.3, -0.25) is 0 Å². The van der Waals surface area contributed by atoms with E-state index in [9.17, 15) is 8.42 Å². The Kier molecular flexibility index (Phi) is 6.76. The van der Waals surface area contributed by atoms with Gasteiger partial charge in [-0.05, 0) is 39.7 Å². The van der Waals surface area contributed by atoms with Gasteiger partial charge in [-0.2, -0.15) is 0 Å². The molecule has 1 fully saturated rings. The van der Waals surface area contributed by atoms with E-state index in [0.717, 1.165) is 24.5 Å². The number of nitrogens with one attached hydrogen (secondary N) is 1. The number of rotatable bonds is 7. The van der Waals surface area contributed by atoms with Gasteiger partial charge in [0.2, 0.25) is 10.0 Å². The lowest BCUT2D eigenvalue weighted by molar-refractivity contribution is 0.122. The summed E-state index contributed by atoms with van der Waals surface area (Å²) < 4.78 is 44.4. The first kappa shape index (κ1) is 20.8. The van der Waals surface area contributed by atoms with Crippen molar-refractivity contribution in [1.82, 2.24) is 9.71 Å². The highest BCUT2D eigenvalue weighted by atomic mass is 79.9. The second kappa shape index (κ2) is 9.08. The number of hydrogen-bond donors (Lipinski definition) is 1. The Labute approximate surface area is 173 Å². The second-order valence-electron chi connectivity index (χ2n) is 6.08. The van der Waals surface area contributed by atoms with Crippen LogP contribution < -0.4 is 19.1 Å². The number of pyridine rings is 1. The largest absolute Gasteiger partial charge is 0.493 e. The van der Waals surface area contributed by atoms with Crippen LogP contribution in [0.5, 0.6) is 11.5 Å². The molecule has 0 unspecified atom stereocenters. The van der Waals surface area contributed by atoms with Crippen molar-refractivity contribution in [3.63, 3.8) is 0 Å². The van der Waals surface area contributed by atoms with Crippen molar-refractivity contribution in [2.24, 2.45) is 0 Å². The second-order valence-corrected chi connectivity index (χ2v) is 8.67. The number of sulfonamides is 1. The molecule has 0 spiro atoms. The van der Waals surface area contributed by atoms with Crippen LogP contribution in [-0.2, 0) is 21.3 Å². The molecule has 1 aliphatic heterocycles. The van der Waals surface area contributed by atoms with Gasteiger partial charge in [0.1, 0.15) is 10.7 Å². The minimum absolute atomic E-state index is 0.0765. The van der Waals surface area contributed by atoms with Gasteiger partial charge >= 0.3 is 0 Å². The predicted molar refractivity (Wildman–Crippen MR) is 109 cm³/mol. The normalized spacial score (nSPS) is 14.8. The van der Waals surface area contributed by atoms with Crippen molar-refractivity contribution in [2.75, 3.05) is 45.4 Å². The van der Waals surface area contributed by atoms with Crippen molar-refractivity contribution in [2.45, 2.75) is 11.4 Å². The monoisotopic (exact) mass is 471 g/mol. The molecule has 3 rings (SSSR count). The van der Waals surface area contributed by atoms with Gasteiger partial charge in [0, 0.05) is 36.4 Å². The van der Waals surface area contributed by atoms with Crippen molar-refractivity contribution < 1.29 is 22.6 Å². The third kappa shape index (κ3) is 4.75. The number of hydrogen-bond acceptors (Lipinski definition) is 7. The van der Waals surface area contributed by atoms with E-state index in [1.165, 1.54) is 20.3 Å². The smallest absolute Gasteiger partial charge is 0.242 e. The molecule has 1 aromatic heterocycles. The van der Waals surface area contributed by atoms with Crippen LogP contribution >= 0.6 is 15.9 Å². The maximum atomic E-state index is 12.8. The quantitative estimate of drug-likeness (QED) is 0.661. The van der Waals surface area contributed by atoms with Gasteiger partial charge in [-0.25, -0.2) is 18.1 Å². The molecule has 1 aromatic carbocycles. The molecule has 1 aliphatic rings. The van der Waals surface area contributed by atoms with Crippen molar-refractivity contribution in [3.05, 3.63) is 40.5 Å². The van der Waals surface area contributed by atoms with Crippen LogP contribution in [0.25, 0.3) is 0 Å². The zero-order valence-corrected chi connectivity index (χ0v) is 18.0. The molecule has 2 aromatic rings. The van der Waals surface area contributed by atoms with E-state index in [2.05, 4.69) is 30.5 Å². The minimum atomic E-state index is -3.77. The summed E-state index contributed by atoms with van der Waals surface area (Å²) in [7, 11) is -0.821. The molecule has 0 aliphatic carbocycles. The van der Waals surface area contributed by atoms with Crippen LogP contribution in [0, 0.1) is 0 Å². The predicted octanol–water partition coefficient (Wildman–Crippen LogP) is 2.18. The summed E-state index contributed by atoms with van der Waals surface area (Å²) in [4.78, 5) is 6.57. The third-order valence-corrected chi connectivity index (χ3v) is 6.70. The first-order chi connectivity index (χ1) is 13.4. The van der Waals surface area contributed by atoms with Crippen LogP contribution in [0.2, 0.25) is 0 Å². The Hall–Kier alpha value is -1.88. The molecule has 1 N–H and O–H groups in total. The number of ether oxygens (including phenoxy) is 3. The summed E-state index contributed by atoms with van der Waals surface area (Å²) in [6, 6.07) is 6.67. The minimum Gasteiger partial charge on any atom is -0.493 e. The SMILES string of the molecule is COc1cc(Br)c(S(=O)(=O)NCc2ccnc(N3CCOCC3)c2)cc1OC. The topological polar surface area (TPSA) is 90.0 Å². The van der Waals surface area contributed by atoms with Crippen LogP contribution in [0.4, 0.5) is 5.82 Å². The van der Waals surface area contributed by atoms with Gasteiger partial charge in [-0.15, -0.1) is 0 Å². The summed E-state index contributed by atoms with van der Waals surface area (Å²) in [6.07, 6.45) is 1.68. The number of halogens is 1. The van der Waals surface area contributed by atoms with Gasteiger partial charge < -0.3 is 19.1 Å². The maximum absolute atomic E-state index is 12.8. The van der Waals surface area contributed by atoms with Crippen LogP contribution in [-0.4, -0.2) is 53.9 Å². The Morgan fingerprint density at radius 2 is 1.86 bits per heavy atom. The highest BCUT2D eigenvalue weighted by Gasteiger charge is 2.21. The highest BCUT2D eigenvalue weighted by molar-refractivity contribution is 9.10. The highest BCUT2D eigenvalue weighted by Crippen LogP contribution is 2.35. The van der Waals surface area contributed by atoms with E-state index < -0.39 is 10.0 Å². The lowest BCUT2D eigenvalue weighted by Crippen LogP contribution is -2.36. The molecule has 28 heavy (non-hydrogen) atoms. The van der Waals surface area contributed by atoms with Gasteiger partial charge in [0.05, 0.1) is 27.4 Å². The fourth-order valence-corrected chi connectivity index (χ4v) is 4.89. The van der Waals surface area contributed by atoms with Crippen LogP contribution in [0.15, 0.2) is 39.8 Å². The molecule has 0 amide bonds. The van der Waals surface area contributed by atoms with Crippen LogP contribution in [0.3, 0.4) is 0 Å². The summed E-state index contributed by atoms with van der Waals surface area (Å²) in [5.41, 5.74) is 0.816. The number of aromatic nitrogens is 1. The van der Waals surface area contributed by atoms with E-state index in [-0.39, 0.29) is 11.4 Å². The molecule has 8 nitrogen and oxygen atoms in total. The van der Waals surface area contributed by atoms with E-state index in [1.807, 2.05) is 6.07 Å². The molecule has 0 atom stereocenters. The molecular weight excluding hydrogens is 450 g/mol. The Morgan fingerprint density at radius 3 is 2.54 bits per heavy atom. The van der Waals surface area contributed by atoms with Crippen LogP contribution in [0.1, 0.15) is 5.56 Å². The fraction of sp³-hybridized carbons (Fsp3) is 0.389. The number of morpholine rings is 1. The van der Waals surface area contributed by atoms with Crippen molar-refractivity contribution >= 4 is 31.8 Å². The molecular formula is C18H22BrN3O5S. The number of anilines is 1. The molecule has 10 heteroatoms. The summed E-state index contributed by atoms with van der Waals surface area (Å²) in [5.74, 6) is 1.59. The number of benzene rings is 1. The number of methoxy groups -OCH3 is 2. The number of nitrogens with zero attached hydrogens (tertiary/aromatic N) is 2. The molecule has 0 bridgehead atoms. The first-order valence-corrected chi connectivity index (χ1v) is 10.9. The van der Waals surface area contributed by atoms with Crippen molar-refractivity contribution in [1.29, 1.82) is 0 Å². The average molecular weight is 472 g/mol. The molecule has 0 saturated carbocycles. The molecule has 2 heterocycles. The zero-order valence-electron chi connectivity index (χ0n) is 15.6. The Balaban J connectivity index is 1.77. The zero-order chi connectivity index (χ0) is 20.1.